The van der Waals surface area contributed by atoms with Crippen LogP contribution in [-0.2, 0) is 9.59 Å². The maximum absolute atomic E-state index is 9.77. The Kier molecular flexibility index (Phi) is 8.78. The number of rotatable bonds is 4. The average Bonchev–Trinajstić information content (AvgIpc) is 2.16. The van der Waals surface area contributed by atoms with E-state index in [0.29, 0.717) is 6.54 Å². The van der Waals surface area contributed by atoms with E-state index in [1.165, 1.54) is 0 Å². The molecule has 8 nitrogen and oxygen atoms in total. The number of carboxylic acid groups (broad SMARTS) is 2. The summed E-state index contributed by atoms with van der Waals surface area (Å²) in [6, 6.07) is 0.162. The van der Waals surface area contributed by atoms with Crippen LogP contribution in [0.3, 0.4) is 0 Å². The van der Waals surface area contributed by atoms with E-state index >= 15 is 0 Å². The van der Waals surface area contributed by atoms with E-state index in [1.54, 1.807) is 0 Å². The molecule has 0 spiro atoms. The number of aliphatic hydroxyl groups is 2. The summed E-state index contributed by atoms with van der Waals surface area (Å²) < 4.78 is 0. The summed E-state index contributed by atoms with van der Waals surface area (Å²) in [5.74, 6) is -3.54. The maximum atomic E-state index is 9.77. The lowest BCUT2D eigenvalue weighted by Gasteiger charge is -2.07. The van der Waals surface area contributed by atoms with Crippen LogP contribution in [-0.4, -0.2) is 57.2 Å². The zero-order valence-corrected chi connectivity index (χ0v) is 8.20. The van der Waals surface area contributed by atoms with Crippen molar-refractivity contribution in [3.63, 3.8) is 0 Å². The minimum atomic E-state index is -2.27. The van der Waals surface area contributed by atoms with Gasteiger partial charge in [-0.1, -0.05) is 0 Å². The van der Waals surface area contributed by atoms with E-state index in [2.05, 4.69) is 0 Å². The first-order valence-corrected chi connectivity index (χ1v) is 4.01. The summed E-state index contributed by atoms with van der Waals surface area (Å²) in [5.41, 5.74) is 10.2. The molecule has 8 N–H and O–H groups in total. The van der Waals surface area contributed by atoms with Crippen LogP contribution < -0.4 is 11.5 Å². The summed E-state index contributed by atoms with van der Waals surface area (Å²) >= 11 is 0. The molecular formula is C7H16N2O6. The van der Waals surface area contributed by atoms with Crippen molar-refractivity contribution >= 4 is 11.9 Å². The Balaban J connectivity index is 0. The SMILES string of the molecule is C[C@@H](N)CN.O=C(O)C(O)C(O)C(=O)O. The van der Waals surface area contributed by atoms with Gasteiger partial charge in [-0.25, -0.2) is 9.59 Å². The third-order valence-electron chi connectivity index (χ3n) is 1.18. The molecule has 2 unspecified atom stereocenters. The molecule has 0 aliphatic heterocycles. The molecule has 8 heteroatoms. The number of aliphatic carboxylic acids is 2. The summed E-state index contributed by atoms with van der Waals surface area (Å²) in [7, 11) is 0. The molecule has 0 aromatic rings. The predicted octanol–water partition coefficient (Wildman–Crippen LogP) is -2.83. The van der Waals surface area contributed by atoms with Gasteiger partial charge in [-0.3, -0.25) is 0 Å². The lowest BCUT2D eigenvalue weighted by molar-refractivity contribution is -0.165. The lowest BCUT2D eigenvalue weighted by atomic mass is 10.2. The molecule has 0 heterocycles. The minimum absolute atomic E-state index is 0.162. The molecule has 0 aromatic heterocycles. The molecule has 90 valence electrons. The minimum Gasteiger partial charge on any atom is -0.479 e. The zero-order chi connectivity index (χ0) is 12.6. The molecule has 0 saturated heterocycles. The van der Waals surface area contributed by atoms with E-state index in [1.807, 2.05) is 6.92 Å². The van der Waals surface area contributed by atoms with Crippen molar-refractivity contribution in [1.29, 1.82) is 0 Å². The standard InChI is InChI=1S/C4H6O6.C3H10N2/c5-1(3(7)8)2(6)4(9)10;1-3(5)2-4/h1-2,5-6H,(H,7,8)(H,9,10);3H,2,4-5H2,1H3/t;3-/m.1/s1. The van der Waals surface area contributed by atoms with Gasteiger partial charge >= 0.3 is 11.9 Å². The van der Waals surface area contributed by atoms with Gasteiger partial charge in [0, 0.05) is 12.6 Å². The topological polar surface area (TPSA) is 167 Å². The highest BCUT2D eigenvalue weighted by molar-refractivity contribution is 5.83. The average molecular weight is 224 g/mol. The van der Waals surface area contributed by atoms with Gasteiger partial charge in [-0.15, -0.1) is 0 Å². The van der Waals surface area contributed by atoms with Crippen molar-refractivity contribution in [2.24, 2.45) is 11.5 Å². The van der Waals surface area contributed by atoms with Crippen LogP contribution in [0.5, 0.6) is 0 Å². The van der Waals surface area contributed by atoms with Crippen LogP contribution in [0.4, 0.5) is 0 Å². The van der Waals surface area contributed by atoms with E-state index < -0.39 is 24.1 Å². The number of carbonyl (C=O) groups is 2. The zero-order valence-electron chi connectivity index (χ0n) is 8.20. The fraction of sp³-hybridized carbons (Fsp3) is 0.714. The van der Waals surface area contributed by atoms with Crippen molar-refractivity contribution < 1.29 is 30.0 Å². The molecule has 15 heavy (non-hydrogen) atoms. The number of hydrogen-bond donors (Lipinski definition) is 6. The molecule has 3 atom stereocenters. The summed E-state index contributed by atoms with van der Waals surface area (Å²) in [5, 5.41) is 32.5. The second-order valence-electron chi connectivity index (χ2n) is 2.78. The number of carboxylic acids is 2. The highest BCUT2D eigenvalue weighted by Gasteiger charge is 2.29. The first-order valence-electron chi connectivity index (χ1n) is 4.01. The molecule has 0 aromatic carbocycles. The van der Waals surface area contributed by atoms with Crippen molar-refractivity contribution in [2.75, 3.05) is 6.54 Å². The second kappa shape index (κ2) is 8.12. The molecular weight excluding hydrogens is 208 g/mol. The van der Waals surface area contributed by atoms with Gasteiger partial charge in [0.2, 0.25) is 0 Å². The molecule has 0 aliphatic carbocycles. The van der Waals surface area contributed by atoms with E-state index in [4.69, 9.17) is 31.9 Å². The predicted molar refractivity (Wildman–Crippen MR) is 50.0 cm³/mol. The monoisotopic (exact) mass is 224 g/mol. The fourth-order valence-electron chi connectivity index (χ4n) is 0.270. The van der Waals surface area contributed by atoms with Crippen molar-refractivity contribution in [3.8, 4) is 0 Å². The third kappa shape index (κ3) is 9.09. The van der Waals surface area contributed by atoms with E-state index in [0.717, 1.165) is 0 Å². The molecule has 0 radical (unpaired) electrons. The first-order chi connectivity index (χ1) is 6.73. The van der Waals surface area contributed by atoms with Crippen LogP contribution in [0, 0.1) is 0 Å². The third-order valence-corrected chi connectivity index (χ3v) is 1.18. The molecule has 0 amide bonds. The van der Waals surface area contributed by atoms with Crippen LogP contribution in [0.15, 0.2) is 0 Å². The normalized spacial score (nSPS) is 15.5. The van der Waals surface area contributed by atoms with E-state index in [-0.39, 0.29) is 6.04 Å². The summed E-state index contributed by atoms with van der Waals surface area (Å²) in [6.07, 6.45) is -4.53. The van der Waals surface area contributed by atoms with E-state index in [9.17, 15) is 9.59 Å². The highest BCUT2D eigenvalue weighted by Crippen LogP contribution is 1.92. The smallest absolute Gasteiger partial charge is 0.335 e. The fourth-order valence-corrected chi connectivity index (χ4v) is 0.270. The summed E-state index contributed by atoms with van der Waals surface area (Å²) in [4.78, 5) is 19.5. The van der Waals surface area contributed by atoms with Gasteiger partial charge < -0.3 is 31.9 Å². The Bertz CT molecular complexity index is 190. The van der Waals surface area contributed by atoms with Gasteiger partial charge in [0.15, 0.2) is 12.2 Å². The van der Waals surface area contributed by atoms with Gasteiger partial charge in [-0.05, 0) is 6.92 Å². The van der Waals surface area contributed by atoms with Crippen LogP contribution >= 0.6 is 0 Å². The first kappa shape index (κ1) is 16.2. The quantitative estimate of drug-likeness (QED) is 0.297. The van der Waals surface area contributed by atoms with Gasteiger partial charge in [0.1, 0.15) is 0 Å². The molecule has 0 fully saturated rings. The molecule has 0 bridgehead atoms. The second-order valence-corrected chi connectivity index (χ2v) is 2.78. The highest BCUT2D eigenvalue weighted by atomic mass is 16.4. The molecule has 0 saturated carbocycles. The Morgan fingerprint density at radius 1 is 1.13 bits per heavy atom. The van der Waals surface area contributed by atoms with Crippen LogP contribution in [0.1, 0.15) is 6.92 Å². The Hall–Kier alpha value is -1.22. The van der Waals surface area contributed by atoms with Crippen LogP contribution in [0.2, 0.25) is 0 Å². The van der Waals surface area contributed by atoms with Crippen LogP contribution in [0.25, 0.3) is 0 Å². The number of hydrogen-bond acceptors (Lipinski definition) is 6. The lowest BCUT2D eigenvalue weighted by Crippen LogP contribution is -2.39. The van der Waals surface area contributed by atoms with Crippen molar-refractivity contribution in [2.45, 2.75) is 25.2 Å². The number of aliphatic hydroxyl groups excluding tert-OH is 2. The Morgan fingerprint density at radius 2 is 1.33 bits per heavy atom. The van der Waals surface area contributed by atoms with Gasteiger partial charge in [-0.2, -0.15) is 0 Å². The van der Waals surface area contributed by atoms with Gasteiger partial charge in [0.25, 0.3) is 0 Å². The van der Waals surface area contributed by atoms with Crippen molar-refractivity contribution in [3.05, 3.63) is 0 Å². The molecule has 0 rings (SSSR count). The summed E-state index contributed by atoms with van der Waals surface area (Å²) in [6.45, 7) is 2.46. The van der Waals surface area contributed by atoms with Crippen molar-refractivity contribution in [1.82, 2.24) is 0 Å². The maximum Gasteiger partial charge on any atom is 0.335 e. The number of nitrogens with two attached hydrogens (primary N) is 2. The Labute approximate surface area is 86.1 Å². The largest absolute Gasteiger partial charge is 0.479 e. The molecule has 0 aliphatic rings. The van der Waals surface area contributed by atoms with Gasteiger partial charge in [0.05, 0.1) is 0 Å². The Morgan fingerprint density at radius 3 is 1.40 bits per heavy atom.